The van der Waals surface area contributed by atoms with E-state index in [1.165, 1.54) is 6.42 Å². The van der Waals surface area contributed by atoms with Crippen LogP contribution < -0.4 is 15.5 Å². The minimum atomic E-state index is 0.0970. The first-order valence-electron chi connectivity index (χ1n) is 13.0. The predicted octanol–water partition coefficient (Wildman–Crippen LogP) is 4.28. The number of fused-ring (bicyclic) bond motifs is 1. The molecule has 2 fully saturated rings. The molecule has 3 aromatic rings. The Hall–Kier alpha value is -3.30. The lowest BCUT2D eigenvalue weighted by Crippen LogP contribution is -2.59. The number of rotatable bonds is 6. The van der Waals surface area contributed by atoms with Crippen molar-refractivity contribution in [1.29, 1.82) is 5.26 Å². The lowest BCUT2D eigenvalue weighted by molar-refractivity contribution is -0.121. The van der Waals surface area contributed by atoms with Crippen LogP contribution in [0, 0.1) is 11.3 Å². The number of carbonyl (C=O) groups excluding carboxylic acids is 1. The van der Waals surface area contributed by atoms with Crippen LogP contribution >= 0.6 is 0 Å². The number of benzene rings is 2. The number of anilines is 1. The third-order valence-corrected chi connectivity index (χ3v) is 7.72. The van der Waals surface area contributed by atoms with Crippen molar-refractivity contribution in [2.75, 3.05) is 18.0 Å². The summed E-state index contributed by atoms with van der Waals surface area (Å²) in [6, 6.07) is 19.2. The summed E-state index contributed by atoms with van der Waals surface area (Å²) in [4.78, 5) is 15.9. The molecule has 6 heteroatoms. The Morgan fingerprint density at radius 1 is 1.11 bits per heavy atom. The standard InChI is InChI=1S/C29H35N5O/c1-33-20-22(25-8-2-4-10-27(25)33)17-29(35)32-26-9-3-5-11-28(26)34(24-7-6-16-31-19-24)23-14-12-21(18-30)13-15-23/h2,4,8,10,12-15,20,24,26,28,31H,3,5-7,9,11,16-17,19H2,1H3,(H,32,35)/t24-,26+,28+/m0/s1. The molecule has 0 unspecified atom stereocenters. The van der Waals surface area contributed by atoms with Crippen LogP contribution in [0.5, 0.6) is 0 Å². The molecule has 0 spiro atoms. The number of nitrogens with one attached hydrogen (secondary N) is 2. The average molecular weight is 470 g/mol. The van der Waals surface area contributed by atoms with E-state index < -0.39 is 0 Å². The quantitative estimate of drug-likeness (QED) is 0.565. The van der Waals surface area contributed by atoms with Crippen LogP contribution in [0.25, 0.3) is 10.9 Å². The molecule has 0 bridgehead atoms. The van der Waals surface area contributed by atoms with E-state index in [4.69, 9.17) is 0 Å². The Morgan fingerprint density at radius 2 is 1.91 bits per heavy atom. The molecule has 182 valence electrons. The Morgan fingerprint density at radius 3 is 2.69 bits per heavy atom. The fraction of sp³-hybridized carbons (Fsp3) is 0.448. The lowest BCUT2D eigenvalue weighted by atomic mass is 9.86. The first kappa shape index (κ1) is 23.4. The maximum atomic E-state index is 13.3. The molecule has 1 amide bonds. The zero-order chi connectivity index (χ0) is 24.2. The number of nitriles is 1. The highest BCUT2D eigenvalue weighted by molar-refractivity contribution is 5.89. The molecule has 5 rings (SSSR count). The van der Waals surface area contributed by atoms with Crippen molar-refractivity contribution in [2.24, 2.45) is 7.05 Å². The number of nitrogens with zero attached hydrogens (tertiary/aromatic N) is 3. The van der Waals surface area contributed by atoms with Gasteiger partial charge in [0.15, 0.2) is 0 Å². The summed E-state index contributed by atoms with van der Waals surface area (Å²) < 4.78 is 2.10. The summed E-state index contributed by atoms with van der Waals surface area (Å²) in [5, 5.41) is 17.4. The highest BCUT2D eigenvalue weighted by Crippen LogP contribution is 2.32. The number of hydrogen-bond donors (Lipinski definition) is 2. The zero-order valence-electron chi connectivity index (χ0n) is 20.5. The molecular formula is C29H35N5O. The summed E-state index contributed by atoms with van der Waals surface area (Å²) in [7, 11) is 2.04. The zero-order valence-corrected chi connectivity index (χ0v) is 20.5. The van der Waals surface area contributed by atoms with E-state index >= 15 is 0 Å². The largest absolute Gasteiger partial charge is 0.362 e. The van der Waals surface area contributed by atoms with Gasteiger partial charge >= 0.3 is 0 Å². The van der Waals surface area contributed by atoms with Crippen molar-refractivity contribution in [1.82, 2.24) is 15.2 Å². The second-order valence-electron chi connectivity index (χ2n) is 10.1. The topological polar surface area (TPSA) is 73.1 Å². The number of carbonyl (C=O) groups is 1. The van der Waals surface area contributed by atoms with E-state index in [2.05, 4.69) is 56.6 Å². The van der Waals surface area contributed by atoms with Gasteiger partial charge in [-0.15, -0.1) is 0 Å². The second kappa shape index (κ2) is 10.5. The predicted molar refractivity (Wildman–Crippen MR) is 140 cm³/mol. The SMILES string of the molecule is Cn1cc(CC(=O)N[C@@H]2CCCC[C@H]2N(c2ccc(C#N)cc2)[C@H]2CCCNC2)c2ccccc21. The number of aromatic nitrogens is 1. The maximum absolute atomic E-state index is 13.3. The van der Waals surface area contributed by atoms with Crippen LogP contribution in [0.4, 0.5) is 5.69 Å². The number of piperidine rings is 1. The fourth-order valence-electron chi connectivity index (χ4n) is 6.06. The van der Waals surface area contributed by atoms with E-state index in [1.54, 1.807) is 0 Å². The molecule has 1 aliphatic carbocycles. The monoisotopic (exact) mass is 469 g/mol. The Bertz CT molecular complexity index is 1200. The minimum Gasteiger partial charge on any atom is -0.362 e. The third-order valence-electron chi connectivity index (χ3n) is 7.72. The molecule has 2 aromatic carbocycles. The summed E-state index contributed by atoms with van der Waals surface area (Å²) in [5.41, 5.74) is 4.06. The summed E-state index contributed by atoms with van der Waals surface area (Å²) in [6.07, 6.45) is 9.15. The molecule has 1 saturated heterocycles. The van der Waals surface area contributed by atoms with Crippen molar-refractivity contribution in [3.05, 3.63) is 65.9 Å². The molecule has 2 N–H and O–H groups in total. The lowest BCUT2D eigenvalue weighted by Gasteiger charge is -2.47. The van der Waals surface area contributed by atoms with Crippen LogP contribution in [-0.2, 0) is 18.3 Å². The van der Waals surface area contributed by atoms with Gasteiger partial charge < -0.3 is 20.1 Å². The van der Waals surface area contributed by atoms with Crippen molar-refractivity contribution in [3.8, 4) is 6.07 Å². The third kappa shape index (κ3) is 5.06. The summed E-state index contributed by atoms with van der Waals surface area (Å²) >= 11 is 0. The molecule has 1 saturated carbocycles. The van der Waals surface area contributed by atoms with E-state index in [1.807, 2.05) is 31.3 Å². The van der Waals surface area contributed by atoms with Crippen molar-refractivity contribution in [2.45, 2.75) is 63.1 Å². The smallest absolute Gasteiger partial charge is 0.224 e. The van der Waals surface area contributed by atoms with Gasteiger partial charge in [-0.05, 0) is 68.1 Å². The van der Waals surface area contributed by atoms with Gasteiger partial charge in [-0.2, -0.15) is 5.26 Å². The van der Waals surface area contributed by atoms with Crippen LogP contribution in [0.3, 0.4) is 0 Å². The van der Waals surface area contributed by atoms with Crippen LogP contribution in [0.15, 0.2) is 54.7 Å². The highest BCUT2D eigenvalue weighted by Gasteiger charge is 2.35. The Kier molecular flexibility index (Phi) is 7.06. The van der Waals surface area contributed by atoms with Gasteiger partial charge in [-0.3, -0.25) is 4.79 Å². The number of amides is 1. The molecular weight excluding hydrogens is 434 g/mol. The van der Waals surface area contributed by atoms with Crippen molar-refractivity contribution >= 4 is 22.5 Å². The van der Waals surface area contributed by atoms with Gasteiger partial charge in [0.25, 0.3) is 0 Å². The normalized spacial score (nSPS) is 22.5. The van der Waals surface area contributed by atoms with Crippen LogP contribution in [0.1, 0.15) is 49.7 Å². The Balaban J connectivity index is 1.37. The molecule has 3 atom stereocenters. The first-order valence-corrected chi connectivity index (χ1v) is 13.0. The minimum absolute atomic E-state index is 0.0970. The molecule has 2 heterocycles. The van der Waals surface area contributed by atoms with E-state index in [-0.39, 0.29) is 18.0 Å². The number of aryl methyl sites for hydroxylation is 1. The molecule has 2 aliphatic rings. The summed E-state index contributed by atoms with van der Waals surface area (Å²) in [6.45, 7) is 2.01. The number of hydrogen-bond acceptors (Lipinski definition) is 4. The molecule has 0 radical (unpaired) electrons. The van der Waals surface area contributed by atoms with Crippen molar-refractivity contribution < 1.29 is 4.79 Å². The van der Waals surface area contributed by atoms with E-state index in [0.717, 1.165) is 67.3 Å². The van der Waals surface area contributed by atoms with Gasteiger partial charge in [0.05, 0.1) is 18.1 Å². The van der Waals surface area contributed by atoms with Gasteiger partial charge in [0.1, 0.15) is 0 Å². The van der Waals surface area contributed by atoms with Gasteiger partial charge in [0, 0.05) is 54.5 Å². The molecule has 1 aliphatic heterocycles. The molecule has 6 nitrogen and oxygen atoms in total. The first-order chi connectivity index (χ1) is 17.1. The van der Waals surface area contributed by atoms with Crippen LogP contribution in [-0.4, -0.2) is 41.7 Å². The average Bonchev–Trinajstić information content (AvgIpc) is 3.21. The van der Waals surface area contributed by atoms with Crippen molar-refractivity contribution in [3.63, 3.8) is 0 Å². The fourth-order valence-corrected chi connectivity index (χ4v) is 6.06. The number of para-hydroxylation sites is 1. The summed E-state index contributed by atoms with van der Waals surface area (Å²) in [5.74, 6) is 0.0970. The molecule has 35 heavy (non-hydrogen) atoms. The highest BCUT2D eigenvalue weighted by atomic mass is 16.1. The van der Waals surface area contributed by atoms with Crippen LogP contribution in [0.2, 0.25) is 0 Å². The van der Waals surface area contributed by atoms with Gasteiger partial charge in [0.2, 0.25) is 5.91 Å². The van der Waals surface area contributed by atoms with E-state index in [0.29, 0.717) is 18.0 Å². The Labute approximate surface area is 207 Å². The van der Waals surface area contributed by atoms with Gasteiger partial charge in [-0.25, -0.2) is 0 Å². The molecule has 1 aromatic heterocycles. The second-order valence-corrected chi connectivity index (χ2v) is 10.1. The van der Waals surface area contributed by atoms with Gasteiger partial charge in [-0.1, -0.05) is 31.0 Å². The maximum Gasteiger partial charge on any atom is 0.224 e. The van der Waals surface area contributed by atoms with E-state index in [9.17, 15) is 10.1 Å².